The first-order valence-electron chi connectivity index (χ1n) is 10.0. The zero-order valence-corrected chi connectivity index (χ0v) is 18.2. The maximum atomic E-state index is 14.1. The topological polar surface area (TPSA) is 84.6 Å². The third-order valence-electron chi connectivity index (χ3n) is 5.15. The Labute approximate surface area is 184 Å². The summed E-state index contributed by atoms with van der Waals surface area (Å²) in [5.74, 6) is -0.996. The van der Waals surface area contributed by atoms with Crippen molar-refractivity contribution in [3.8, 4) is 6.19 Å². The summed E-state index contributed by atoms with van der Waals surface area (Å²) < 4.78 is 27.7. The van der Waals surface area contributed by atoms with E-state index >= 15 is 0 Å². The number of aryl methyl sites for hydroxylation is 1. The van der Waals surface area contributed by atoms with Gasteiger partial charge in [0.1, 0.15) is 17.3 Å². The summed E-state index contributed by atoms with van der Waals surface area (Å²) >= 11 is 1.53. The van der Waals surface area contributed by atoms with E-state index in [1.807, 2.05) is 35.2 Å². The molecule has 1 N–H and O–H groups in total. The number of carbonyl (C=O) groups is 1. The minimum Gasteiger partial charge on any atom is -0.339 e. The lowest BCUT2D eigenvalue weighted by Crippen LogP contribution is -2.60. The van der Waals surface area contributed by atoms with Crippen LogP contribution in [0.4, 0.5) is 14.5 Å². The van der Waals surface area contributed by atoms with E-state index in [2.05, 4.69) is 15.3 Å². The average Bonchev–Trinajstić information content (AvgIpc) is 3.27. The van der Waals surface area contributed by atoms with Crippen LogP contribution in [0.1, 0.15) is 25.3 Å². The highest BCUT2D eigenvalue weighted by Gasteiger charge is 2.33. The molecular weight excluding hydrogens is 422 g/mol. The quantitative estimate of drug-likeness (QED) is 0.330. The van der Waals surface area contributed by atoms with Crippen LogP contribution < -0.4 is 5.32 Å². The zero-order valence-electron chi connectivity index (χ0n) is 17.4. The minimum absolute atomic E-state index is 0.0448. The molecule has 31 heavy (non-hydrogen) atoms. The van der Waals surface area contributed by atoms with Crippen LogP contribution in [0.25, 0.3) is 0 Å². The third-order valence-corrected chi connectivity index (χ3v) is 5.99. The Morgan fingerprint density at radius 2 is 2.23 bits per heavy atom. The summed E-state index contributed by atoms with van der Waals surface area (Å²) in [4.78, 5) is 24.8. The van der Waals surface area contributed by atoms with Gasteiger partial charge in [0.15, 0.2) is 6.19 Å². The molecule has 0 aliphatic carbocycles. The molecule has 1 aliphatic rings. The lowest BCUT2D eigenvalue weighted by molar-refractivity contribution is -0.133. The van der Waals surface area contributed by atoms with Crippen LogP contribution in [0.15, 0.2) is 34.8 Å². The molecule has 164 valence electrons. The van der Waals surface area contributed by atoms with Crippen LogP contribution in [0.2, 0.25) is 0 Å². The monoisotopic (exact) mass is 446 g/mol. The smallest absolute Gasteiger partial charge is 0.223 e. The van der Waals surface area contributed by atoms with Crippen LogP contribution in [0.5, 0.6) is 0 Å². The van der Waals surface area contributed by atoms with Crippen LogP contribution >= 0.6 is 11.3 Å². The summed E-state index contributed by atoms with van der Waals surface area (Å²) in [7, 11) is 0. The number of rotatable bonds is 5. The van der Waals surface area contributed by atoms with E-state index in [-0.39, 0.29) is 29.5 Å². The van der Waals surface area contributed by atoms with Crippen molar-refractivity contribution in [1.82, 2.24) is 20.1 Å². The molecule has 3 rings (SSSR count). The summed E-state index contributed by atoms with van der Waals surface area (Å²) in [5.41, 5.74) is -0.192. The van der Waals surface area contributed by atoms with Crippen molar-refractivity contribution < 1.29 is 13.6 Å². The molecule has 1 aromatic carbocycles. The maximum absolute atomic E-state index is 14.1. The van der Waals surface area contributed by atoms with E-state index in [9.17, 15) is 18.8 Å². The highest BCUT2D eigenvalue weighted by Crippen LogP contribution is 2.23. The van der Waals surface area contributed by atoms with Crippen molar-refractivity contribution in [3.05, 3.63) is 46.4 Å². The van der Waals surface area contributed by atoms with Crippen molar-refractivity contribution in [2.75, 3.05) is 19.6 Å². The zero-order chi connectivity index (χ0) is 22.4. The van der Waals surface area contributed by atoms with Crippen molar-refractivity contribution in [2.24, 2.45) is 10.9 Å². The highest BCUT2D eigenvalue weighted by molar-refractivity contribution is 7.09. The van der Waals surface area contributed by atoms with Gasteiger partial charge in [-0.25, -0.2) is 18.8 Å². The number of hydrogen-bond donors (Lipinski definition) is 1. The van der Waals surface area contributed by atoms with Gasteiger partial charge in [-0.1, -0.05) is 13.8 Å². The lowest BCUT2D eigenvalue weighted by Gasteiger charge is -2.44. The molecule has 0 spiro atoms. The molecule has 7 nitrogen and oxygen atoms in total. The summed E-state index contributed by atoms with van der Waals surface area (Å²) in [5, 5.41) is 14.5. The second-order valence-electron chi connectivity index (χ2n) is 7.54. The van der Waals surface area contributed by atoms with E-state index < -0.39 is 11.6 Å². The lowest BCUT2D eigenvalue weighted by atomic mass is 9.99. The molecule has 1 saturated heterocycles. The van der Waals surface area contributed by atoms with Crippen molar-refractivity contribution in [2.45, 2.75) is 32.7 Å². The number of aliphatic imine (C=N–C) groups is 1. The van der Waals surface area contributed by atoms with Crippen LogP contribution in [0, 0.1) is 29.0 Å². The molecule has 1 aromatic heterocycles. The van der Waals surface area contributed by atoms with E-state index in [0.717, 1.165) is 23.2 Å². The van der Waals surface area contributed by atoms with Gasteiger partial charge < -0.3 is 9.80 Å². The van der Waals surface area contributed by atoms with Crippen molar-refractivity contribution in [3.63, 3.8) is 0 Å². The van der Waals surface area contributed by atoms with Gasteiger partial charge in [-0.15, -0.1) is 11.3 Å². The second kappa shape index (κ2) is 10.3. The van der Waals surface area contributed by atoms with E-state index in [1.54, 1.807) is 6.20 Å². The number of guanidine groups is 1. The summed E-state index contributed by atoms with van der Waals surface area (Å²) in [6.07, 6.45) is 4.53. The average molecular weight is 447 g/mol. The second-order valence-corrected chi connectivity index (χ2v) is 8.52. The molecule has 1 unspecified atom stereocenters. The Kier molecular flexibility index (Phi) is 7.52. The van der Waals surface area contributed by atoms with Gasteiger partial charge in [0.2, 0.25) is 11.9 Å². The Hall–Kier alpha value is -3.06. The van der Waals surface area contributed by atoms with E-state index in [0.29, 0.717) is 32.5 Å². The number of piperazine rings is 1. The summed E-state index contributed by atoms with van der Waals surface area (Å²) in [6.45, 7) is 5.32. The fourth-order valence-electron chi connectivity index (χ4n) is 3.52. The van der Waals surface area contributed by atoms with Crippen LogP contribution in [0.3, 0.4) is 0 Å². The number of halogens is 2. The molecule has 0 saturated carbocycles. The van der Waals surface area contributed by atoms with E-state index in [1.165, 1.54) is 11.3 Å². The molecule has 1 atom stereocenters. The number of nitrogens with one attached hydrogen (secondary N) is 1. The predicted molar refractivity (Wildman–Crippen MR) is 115 cm³/mol. The van der Waals surface area contributed by atoms with Gasteiger partial charge in [-0.2, -0.15) is 5.26 Å². The fraction of sp³-hybridized carbons (Fsp3) is 0.429. The number of amides is 1. The Morgan fingerprint density at radius 1 is 1.42 bits per heavy atom. The molecule has 1 fully saturated rings. The van der Waals surface area contributed by atoms with Crippen LogP contribution in [-0.4, -0.2) is 52.3 Å². The Bertz CT molecular complexity index is 973. The molecule has 10 heteroatoms. The van der Waals surface area contributed by atoms with Gasteiger partial charge >= 0.3 is 0 Å². The van der Waals surface area contributed by atoms with Crippen molar-refractivity contribution >= 4 is 28.9 Å². The normalized spacial score (nSPS) is 17.0. The van der Waals surface area contributed by atoms with Crippen LogP contribution in [-0.2, 0) is 11.2 Å². The number of nitriles is 1. The Morgan fingerprint density at radius 3 is 2.90 bits per heavy atom. The Balaban J connectivity index is 1.77. The number of aromatic nitrogens is 1. The van der Waals surface area contributed by atoms with Crippen molar-refractivity contribution in [1.29, 1.82) is 5.26 Å². The first-order valence-corrected chi connectivity index (χ1v) is 10.9. The fourth-order valence-corrected chi connectivity index (χ4v) is 4.14. The number of hydrogen-bond acceptors (Lipinski definition) is 5. The number of nitrogens with zero attached hydrogens (tertiary/aromatic N) is 5. The first kappa shape index (κ1) is 22.6. The van der Waals surface area contributed by atoms with Gasteiger partial charge in [0.05, 0.1) is 11.0 Å². The van der Waals surface area contributed by atoms with E-state index in [4.69, 9.17) is 0 Å². The largest absolute Gasteiger partial charge is 0.339 e. The molecule has 0 bridgehead atoms. The van der Waals surface area contributed by atoms with Gasteiger partial charge in [0.25, 0.3) is 0 Å². The standard InChI is InChI=1S/C21H24F2N6OS/c1-14(2)18-12-28(20(30)6-5-19-25-7-10-31-19)8-9-29(18)21(26-13-24)27-17-11-15(22)3-4-16(17)23/h3-4,7,10-11,14,18H,5-6,8-9,12H2,1-2H3,(H,26,27). The molecule has 2 aromatic rings. The summed E-state index contributed by atoms with van der Waals surface area (Å²) in [6, 6.07) is 2.85. The molecule has 2 heterocycles. The van der Waals surface area contributed by atoms with Gasteiger partial charge in [0, 0.05) is 50.1 Å². The SMILES string of the molecule is CC(C)C1CN(C(=O)CCc2nccs2)CCN1C(=Nc1cc(F)ccc1F)NC#N. The molecule has 1 amide bonds. The van der Waals surface area contributed by atoms with Gasteiger partial charge in [-0.3, -0.25) is 10.1 Å². The predicted octanol–water partition coefficient (Wildman–Crippen LogP) is 3.28. The number of carbonyl (C=O) groups excluding carboxylic acids is 1. The first-order chi connectivity index (χ1) is 14.9. The minimum atomic E-state index is -0.685. The third kappa shape index (κ3) is 5.76. The number of thiazole rings is 1. The molecule has 1 aliphatic heterocycles. The molecule has 0 radical (unpaired) electrons. The molecular formula is C21H24F2N6OS. The maximum Gasteiger partial charge on any atom is 0.223 e. The van der Waals surface area contributed by atoms with Gasteiger partial charge in [-0.05, 0) is 18.1 Å². The number of benzene rings is 1. The highest BCUT2D eigenvalue weighted by atomic mass is 32.1.